The molecule has 0 atom stereocenters. The maximum absolute atomic E-state index is 12.1. The van der Waals surface area contributed by atoms with Crippen LogP contribution in [0.1, 0.15) is 27.0 Å². The molecule has 0 saturated heterocycles. The van der Waals surface area contributed by atoms with Crippen LogP contribution in [0.3, 0.4) is 0 Å². The number of benzene rings is 3. The highest BCUT2D eigenvalue weighted by molar-refractivity contribution is 6.50. The lowest BCUT2D eigenvalue weighted by Crippen LogP contribution is -2.16. The molecule has 2 nitrogen and oxygen atoms in total. The molecule has 0 bridgehead atoms. The van der Waals surface area contributed by atoms with Gasteiger partial charge in [-0.25, -0.2) is 0 Å². The SMILES string of the molecule is Cc1c2ccccc2c(C)c2c3c(ccc12)C(=O)C(=O)C=C3. The highest BCUT2D eigenvalue weighted by Crippen LogP contribution is 2.36. The molecule has 4 rings (SSSR count). The Morgan fingerprint density at radius 3 is 2.14 bits per heavy atom. The monoisotopic (exact) mass is 286 g/mol. The van der Waals surface area contributed by atoms with E-state index in [9.17, 15) is 9.59 Å². The molecule has 3 aromatic carbocycles. The number of fused-ring (bicyclic) bond motifs is 4. The van der Waals surface area contributed by atoms with E-state index in [0.29, 0.717) is 5.56 Å². The molecule has 0 spiro atoms. The maximum atomic E-state index is 12.1. The summed E-state index contributed by atoms with van der Waals surface area (Å²) in [4.78, 5) is 23.7. The minimum absolute atomic E-state index is 0.412. The zero-order valence-corrected chi connectivity index (χ0v) is 12.4. The van der Waals surface area contributed by atoms with E-state index in [1.165, 1.54) is 22.4 Å². The van der Waals surface area contributed by atoms with Crippen LogP contribution < -0.4 is 0 Å². The number of rotatable bonds is 0. The first-order valence-corrected chi connectivity index (χ1v) is 7.31. The van der Waals surface area contributed by atoms with Crippen molar-refractivity contribution in [2.75, 3.05) is 0 Å². The number of hydrogen-bond acceptors (Lipinski definition) is 2. The second kappa shape index (κ2) is 4.38. The lowest BCUT2D eigenvalue weighted by Gasteiger charge is -2.17. The Labute approximate surface area is 128 Å². The summed E-state index contributed by atoms with van der Waals surface area (Å²) in [5.74, 6) is -0.855. The van der Waals surface area contributed by atoms with Gasteiger partial charge in [0.25, 0.3) is 0 Å². The van der Waals surface area contributed by atoms with E-state index in [4.69, 9.17) is 0 Å². The van der Waals surface area contributed by atoms with Crippen LogP contribution in [0.2, 0.25) is 0 Å². The molecule has 2 heteroatoms. The average Bonchev–Trinajstić information content (AvgIpc) is 2.55. The van der Waals surface area contributed by atoms with Crippen molar-refractivity contribution in [2.24, 2.45) is 0 Å². The molecule has 0 fully saturated rings. The van der Waals surface area contributed by atoms with Crippen molar-refractivity contribution >= 4 is 39.2 Å². The zero-order valence-electron chi connectivity index (χ0n) is 12.4. The highest BCUT2D eigenvalue weighted by Gasteiger charge is 2.23. The fourth-order valence-corrected chi connectivity index (χ4v) is 3.49. The van der Waals surface area contributed by atoms with Crippen LogP contribution in [0.5, 0.6) is 0 Å². The third-order valence-electron chi connectivity index (χ3n) is 4.63. The molecule has 3 aromatic rings. The molecule has 0 amide bonds. The highest BCUT2D eigenvalue weighted by atomic mass is 16.2. The number of Topliss-reactive ketones (excluding diaryl/α,β-unsaturated/α-hetero) is 1. The van der Waals surface area contributed by atoms with Crippen molar-refractivity contribution in [3.63, 3.8) is 0 Å². The quantitative estimate of drug-likeness (QED) is 0.454. The Balaban J connectivity index is 2.27. The first kappa shape index (κ1) is 13.0. The molecule has 106 valence electrons. The third-order valence-corrected chi connectivity index (χ3v) is 4.63. The van der Waals surface area contributed by atoms with E-state index < -0.39 is 11.6 Å². The molecule has 22 heavy (non-hydrogen) atoms. The lowest BCUT2D eigenvalue weighted by molar-refractivity contribution is -0.110. The van der Waals surface area contributed by atoms with Gasteiger partial charge in [0.2, 0.25) is 11.6 Å². The Morgan fingerprint density at radius 2 is 1.41 bits per heavy atom. The lowest BCUT2D eigenvalue weighted by atomic mass is 9.85. The second-order valence-electron chi connectivity index (χ2n) is 5.77. The summed E-state index contributed by atoms with van der Waals surface area (Å²) in [6, 6.07) is 12.1. The fraction of sp³-hybridized carbons (Fsp3) is 0.100. The minimum atomic E-state index is -0.443. The van der Waals surface area contributed by atoms with E-state index >= 15 is 0 Å². The molecule has 0 aliphatic heterocycles. The van der Waals surface area contributed by atoms with Crippen molar-refractivity contribution in [3.05, 3.63) is 64.7 Å². The smallest absolute Gasteiger partial charge is 0.233 e. The second-order valence-corrected chi connectivity index (χ2v) is 5.77. The maximum Gasteiger partial charge on any atom is 0.233 e. The molecule has 0 radical (unpaired) electrons. The van der Waals surface area contributed by atoms with Crippen LogP contribution in [-0.2, 0) is 4.79 Å². The van der Waals surface area contributed by atoms with Crippen LogP contribution in [0.15, 0.2) is 42.5 Å². The minimum Gasteiger partial charge on any atom is -0.286 e. The van der Waals surface area contributed by atoms with Crippen molar-refractivity contribution in [3.8, 4) is 0 Å². The topological polar surface area (TPSA) is 34.1 Å². The van der Waals surface area contributed by atoms with E-state index in [1.54, 1.807) is 12.1 Å². The summed E-state index contributed by atoms with van der Waals surface area (Å²) in [6.07, 6.45) is 3.16. The summed E-state index contributed by atoms with van der Waals surface area (Å²) in [6.45, 7) is 4.19. The largest absolute Gasteiger partial charge is 0.286 e. The van der Waals surface area contributed by atoms with Gasteiger partial charge in [-0.15, -0.1) is 0 Å². The van der Waals surface area contributed by atoms with E-state index in [-0.39, 0.29) is 0 Å². The van der Waals surface area contributed by atoms with E-state index in [0.717, 1.165) is 21.9 Å². The molecule has 0 heterocycles. The van der Waals surface area contributed by atoms with E-state index in [2.05, 4.69) is 26.0 Å². The molecular formula is C20H14O2. The number of aryl methyl sites for hydroxylation is 2. The van der Waals surface area contributed by atoms with Crippen molar-refractivity contribution < 1.29 is 9.59 Å². The van der Waals surface area contributed by atoms with Gasteiger partial charge in [0.15, 0.2) is 0 Å². The Bertz CT molecular complexity index is 1020. The van der Waals surface area contributed by atoms with Gasteiger partial charge in [-0.1, -0.05) is 30.3 Å². The van der Waals surface area contributed by atoms with Gasteiger partial charge in [-0.05, 0) is 70.3 Å². The first-order valence-electron chi connectivity index (χ1n) is 7.31. The third kappa shape index (κ3) is 1.55. The van der Waals surface area contributed by atoms with Gasteiger partial charge in [0.05, 0.1) is 0 Å². The first-order chi connectivity index (χ1) is 10.6. The predicted molar refractivity (Wildman–Crippen MR) is 89.3 cm³/mol. The van der Waals surface area contributed by atoms with Crippen LogP contribution in [0, 0.1) is 13.8 Å². The number of carbonyl (C=O) groups excluding carboxylic acids is 2. The Hall–Kier alpha value is -2.74. The number of allylic oxidation sites excluding steroid dienone is 1. The van der Waals surface area contributed by atoms with Crippen LogP contribution in [0.4, 0.5) is 0 Å². The standard InChI is InChI=1S/C20H14O2/c1-11-13-5-3-4-6-14(13)12(2)19-15(11)7-8-17-16(19)9-10-18(21)20(17)22/h3-10H,1-2H3. The van der Waals surface area contributed by atoms with Crippen molar-refractivity contribution in [1.82, 2.24) is 0 Å². The average molecular weight is 286 g/mol. The van der Waals surface area contributed by atoms with Gasteiger partial charge in [-0.2, -0.15) is 0 Å². The van der Waals surface area contributed by atoms with Gasteiger partial charge in [-0.3, -0.25) is 9.59 Å². The summed E-state index contributed by atoms with van der Waals surface area (Å²) in [5.41, 5.74) is 3.74. The zero-order chi connectivity index (χ0) is 15.4. The summed E-state index contributed by atoms with van der Waals surface area (Å²) < 4.78 is 0. The summed E-state index contributed by atoms with van der Waals surface area (Å²) in [5, 5.41) is 4.64. The molecule has 0 saturated carbocycles. The van der Waals surface area contributed by atoms with Gasteiger partial charge < -0.3 is 0 Å². The number of hydrogen-bond donors (Lipinski definition) is 0. The van der Waals surface area contributed by atoms with E-state index in [1.807, 2.05) is 18.2 Å². The van der Waals surface area contributed by atoms with Crippen molar-refractivity contribution in [1.29, 1.82) is 0 Å². The summed E-state index contributed by atoms with van der Waals surface area (Å²) in [7, 11) is 0. The molecular weight excluding hydrogens is 272 g/mol. The number of carbonyl (C=O) groups is 2. The van der Waals surface area contributed by atoms with Crippen LogP contribution in [0.25, 0.3) is 27.6 Å². The van der Waals surface area contributed by atoms with Gasteiger partial charge in [0.1, 0.15) is 0 Å². The Morgan fingerprint density at radius 1 is 0.727 bits per heavy atom. The fourth-order valence-electron chi connectivity index (χ4n) is 3.49. The molecule has 1 aliphatic rings. The van der Waals surface area contributed by atoms with Gasteiger partial charge in [0, 0.05) is 5.56 Å². The summed E-state index contributed by atoms with van der Waals surface area (Å²) >= 11 is 0. The van der Waals surface area contributed by atoms with Crippen LogP contribution in [-0.4, -0.2) is 11.6 Å². The van der Waals surface area contributed by atoms with Gasteiger partial charge >= 0.3 is 0 Å². The predicted octanol–water partition coefficient (Wildman–Crippen LogP) is 4.39. The molecule has 1 aliphatic carbocycles. The molecule has 0 N–H and O–H groups in total. The normalized spacial score (nSPS) is 13.9. The molecule has 0 unspecified atom stereocenters. The number of ketones is 2. The van der Waals surface area contributed by atoms with Crippen molar-refractivity contribution in [2.45, 2.75) is 13.8 Å². The Kier molecular flexibility index (Phi) is 2.58. The van der Waals surface area contributed by atoms with Crippen LogP contribution >= 0.6 is 0 Å². The molecule has 0 aromatic heterocycles.